The van der Waals surface area contributed by atoms with Gasteiger partial charge in [-0.3, -0.25) is 10.9 Å². The number of nitrogens with zero attached hydrogens (tertiary/aromatic N) is 3. The molecule has 1 aliphatic rings. The van der Waals surface area contributed by atoms with Crippen LogP contribution in [0.5, 0.6) is 11.5 Å². The van der Waals surface area contributed by atoms with E-state index in [4.69, 9.17) is 9.47 Å². The third kappa shape index (κ3) is 4.03. The maximum atomic E-state index is 13.0. The minimum atomic E-state index is -0.266. The number of ether oxygens (including phenoxy) is 2. The summed E-state index contributed by atoms with van der Waals surface area (Å²) < 4.78 is 23.6. The van der Waals surface area contributed by atoms with Crippen LogP contribution in [-0.4, -0.2) is 30.0 Å². The number of methoxy groups -OCH3 is 2. The highest BCUT2D eigenvalue weighted by Gasteiger charge is 2.16. The van der Waals surface area contributed by atoms with E-state index in [1.54, 1.807) is 32.5 Å². The molecule has 0 spiro atoms. The predicted octanol–water partition coefficient (Wildman–Crippen LogP) is 3.25. The van der Waals surface area contributed by atoms with E-state index < -0.39 is 0 Å². The number of hydrazine groups is 1. The van der Waals surface area contributed by atoms with Crippen LogP contribution in [0.15, 0.2) is 53.7 Å². The zero-order chi connectivity index (χ0) is 20.2. The number of amidine groups is 1. The van der Waals surface area contributed by atoms with Crippen LogP contribution in [0.2, 0.25) is 0 Å². The molecule has 0 fully saturated rings. The van der Waals surface area contributed by atoms with Gasteiger partial charge in [0.1, 0.15) is 11.5 Å². The summed E-state index contributed by atoms with van der Waals surface area (Å²) >= 11 is 0. The van der Waals surface area contributed by atoms with E-state index in [1.165, 1.54) is 12.1 Å². The fourth-order valence-corrected chi connectivity index (χ4v) is 2.80. The standard InChI is InChI=1S/C20H19FN6O2/c1-28-16-8-5-13(9-17(16)29-2)18-24-15-11-23-20(25-19(15)27-26-18)22-10-12-3-6-14(21)7-4-12/h3-9,11H,10H2,1-2H3,(H,24,26)(H2,22,23,25,27). The molecule has 8 nitrogen and oxygen atoms in total. The highest BCUT2D eigenvalue weighted by molar-refractivity contribution is 6.03. The van der Waals surface area contributed by atoms with Crippen molar-refractivity contribution < 1.29 is 13.9 Å². The zero-order valence-electron chi connectivity index (χ0n) is 15.9. The quantitative estimate of drug-likeness (QED) is 0.591. The third-order valence-electron chi connectivity index (χ3n) is 4.32. The second-order valence-corrected chi connectivity index (χ2v) is 6.19. The van der Waals surface area contributed by atoms with Crippen molar-refractivity contribution >= 4 is 23.3 Å². The van der Waals surface area contributed by atoms with Gasteiger partial charge in [-0.1, -0.05) is 12.1 Å². The Morgan fingerprint density at radius 2 is 1.79 bits per heavy atom. The molecule has 1 aromatic heterocycles. The third-order valence-corrected chi connectivity index (χ3v) is 4.32. The Morgan fingerprint density at radius 1 is 1.00 bits per heavy atom. The average Bonchev–Trinajstić information content (AvgIpc) is 2.77. The van der Waals surface area contributed by atoms with E-state index in [0.717, 1.165) is 11.1 Å². The smallest absolute Gasteiger partial charge is 0.225 e. The first kappa shape index (κ1) is 18.5. The van der Waals surface area contributed by atoms with Crippen LogP contribution in [0, 0.1) is 5.82 Å². The molecule has 9 heteroatoms. The number of fused-ring (bicyclic) bond motifs is 1. The van der Waals surface area contributed by atoms with Crippen LogP contribution in [0.1, 0.15) is 11.1 Å². The lowest BCUT2D eigenvalue weighted by Crippen LogP contribution is -2.33. The monoisotopic (exact) mass is 394 g/mol. The number of rotatable bonds is 6. The summed E-state index contributed by atoms with van der Waals surface area (Å²) in [7, 11) is 3.17. The maximum absolute atomic E-state index is 13.0. The Hall–Kier alpha value is -3.88. The van der Waals surface area contributed by atoms with E-state index in [9.17, 15) is 4.39 Å². The molecule has 0 radical (unpaired) electrons. The van der Waals surface area contributed by atoms with Gasteiger partial charge in [0.15, 0.2) is 23.2 Å². The van der Waals surface area contributed by atoms with Gasteiger partial charge < -0.3 is 14.8 Å². The molecule has 2 heterocycles. The fourth-order valence-electron chi connectivity index (χ4n) is 2.80. The number of nitrogens with one attached hydrogen (secondary N) is 3. The second-order valence-electron chi connectivity index (χ2n) is 6.19. The van der Waals surface area contributed by atoms with E-state index in [0.29, 0.717) is 41.3 Å². The molecule has 1 aliphatic heterocycles. The molecule has 0 saturated carbocycles. The van der Waals surface area contributed by atoms with Crippen LogP contribution in [0.3, 0.4) is 0 Å². The van der Waals surface area contributed by atoms with Gasteiger partial charge in [0, 0.05) is 12.1 Å². The first-order valence-corrected chi connectivity index (χ1v) is 8.85. The zero-order valence-corrected chi connectivity index (χ0v) is 15.9. The second kappa shape index (κ2) is 8.01. The number of aromatic nitrogens is 2. The Kier molecular flexibility index (Phi) is 5.10. The Morgan fingerprint density at radius 3 is 2.55 bits per heavy atom. The number of hydrogen-bond donors (Lipinski definition) is 3. The molecule has 29 heavy (non-hydrogen) atoms. The van der Waals surface area contributed by atoms with Crippen molar-refractivity contribution in [3.05, 3.63) is 65.6 Å². The van der Waals surface area contributed by atoms with E-state index in [1.807, 2.05) is 18.2 Å². The summed E-state index contributed by atoms with van der Waals surface area (Å²) in [5.41, 5.74) is 8.40. The SMILES string of the molecule is COc1ccc(C2=Nc3cnc(NCc4ccc(F)cc4)nc3NN2)cc1OC. The minimum Gasteiger partial charge on any atom is -0.493 e. The van der Waals surface area contributed by atoms with E-state index >= 15 is 0 Å². The van der Waals surface area contributed by atoms with Crippen LogP contribution < -0.4 is 25.6 Å². The summed E-state index contributed by atoms with van der Waals surface area (Å²) in [4.78, 5) is 13.3. The van der Waals surface area contributed by atoms with Crippen LogP contribution in [0.4, 0.5) is 21.8 Å². The van der Waals surface area contributed by atoms with E-state index in [-0.39, 0.29) is 5.82 Å². The molecule has 0 atom stereocenters. The fraction of sp³-hybridized carbons (Fsp3) is 0.150. The highest BCUT2D eigenvalue weighted by atomic mass is 19.1. The van der Waals surface area contributed by atoms with Crippen molar-refractivity contribution in [3.8, 4) is 11.5 Å². The van der Waals surface area contributed by atoms with Crippen LogP contribution in [0.25, 0.3) is 0 Å². The number of benzene rings is 2. The lowest BCUT2D eigenvalue weighted by molar-refractivity contribution is 0.355. The van der Waals surface area contributed by atoms with Gasteiger partial charge in [-0.25, -0.2) is 14.4 Å². The normalized spacial score (nSPS) is 12.2. The molecule has 0 unspecified atom stereocenters. The summed E-state index contributed by atoms with van der Waals surface area (Å²) in [5.74, 6) is 2.57. The van der Waals surface area contributed by atoms with Crippen LogP contribution >= 0.6 is 0 Å². The molecule has 4 rings (SSSR count). The molecule has 3 N–H and O–H groups in total. The van der Waals surface area contributed by atoms with Crippen molar-refractivity contribution in [1.29, 1.82) is 0 Å². The number of halogens is 1. The number of aliphatic imine (C=N–C) groups is 1. The first-order valence-electron chi connectivity index (χ1n) is 8.85. The van der Waals surface area contributed by atoms with Gasteiger partial charge >= 0.3 is 0 Å². The Labute approximate surface area is 166 Å². The molecule has 0 saturated heterocycles. The van der Waals surface area contributed by atoms with Crippen molar-refractivity contribution in [2.45, 2.75) is 6.54 Å². The average molecular weight is 394 g/mol. The lowest BCUT2D eigenvalue weighted by atomic mass is 10.1. The van der Waals surface area contributed by atoms with Gasteiger partial charge in [-0.15, -0.1) is 0 Å². The molecule has 3 aromatic rings. The van der Waals surface area contributed by atoms with Crippen molar-refractivity contribution in [2.75, 3.05) is 25.0 Å². The van der Waals surface area contributed by atoms with Crippen molar-refractivity contribution in [2.24, 2.45) is 4.99 Å². The first-order chi connectivity index (χ1) is 14.2. The van der Waals surface area contributed by atoms with Crippen molar-refractivity contribution in [1.82, 2.24) is 15.4 Å². The summed E-state index contributed by atoms with van der Waals surface area (Å²) in [6.45, 7) is 0.479. The molecule has 0 amide bonds. The highest BCUT2D eigenvalue weighted by Crippen LogP contribution is 2.30. The summed E-state index contributed by atoms with van der Waals surface area (Å²) in [5, 5.41) is 3.11. The van der Waals surface area contributed by atoms with Gasteiger partial charge in [0.05, 0.1) is 20.4 Å². The maximum Gasteiger partial charge on any atom is 0.225 e. The van der Waals surface area contributed by atoms with Crippen molar-refractivity contribution in [3.63, 3.8) is 0 Å². The van der Waals surface area contributed by atoms with Gasteiger partial charge in [-0.05, 0) is 35.9 Å². The van der Waals surface area contributed by atoms with Gasteiger partial charge in [0.25, 0.3) is 0 Å². The predicted molar refractivity (Wildman–Crippen MR) is 108 cm³/mol. The molecular weight excluding hydrogens is 375 g/mol. The summed E-state index contributed by atoms with van der Waals surface area (Å²) in [6.07, 6.45) is 1.63. The molecule has 0 aliphatic carbocycles. The van der Waals surface area contributed by atoms with E-state index in [2.05, 4.69) is 31.1 Å². The lowest BCUT2D eigenvalue weighted by Gasteiger charge is -2.19. The number of hydrogen-bond acceptors (Lipinski definition) is 8. The summed E-state index contributed by atoms with van der Waals surface area (Å²) in [6, 6.07) is 11.8. The Bertz CT molecular complexity index is 1060. The minimum absolute atomic E-state index is 0.266. The number of anilines is 2. The largest absolute Gasteiger partial charge is 0.493 e. The van der Waals surface area contributed by atoms with Gasteiger partial charge in [-0.2, -0.15) is 4.98 Å². The molecule has 2 aromatic carbocycles. The Balaban J connectivity index is 1.51. The van der Waals surface area contributed by atoms with Crippen LogP contribution in [-0.2, 0) is 6.54 Å². The molecular formula is C20H19FN6O2. The topological polar surface area (TPSA) is 92.7 Å². The molecule has 148 valence electrons. The molecule has 0 bridgehead atoms. The van der Waals surface area contributed by atoms with Gasteiger partial charge in [0.2, 0.25) is 5.95 Å².